The Morgan fingerprint density at radius 3 is 2.41 bits per heavy atom. The molecule has 0 radical (unpaired) electrons. The molecule has 0 saturated carbocycles. The van der Waals surface area contributed by atoms with Crippen LogP contribution in [0.5, 0.6) is 0 Å². The maximum absolute atomic E-state index is 13.0. The van der Waals surface area contributed by atoms with Gasteiger partial charge in [-0.15, -0.1) is 0 Å². The molecule has 6 nitrogen and oxygen atoms in total. The zero-order valence-corrected chi connectivity index (χ0v) is 15.8. The SMILES string of the molecule is O=S(=O)(c1ccccc1)c1c[nH]c2c(N3CCN(CCO)CC3)cccc12. The highest BCUT2D eigenvalue weighted by Gasteiger charge is 2.24. The second-order valence-corrected chi connectivity index (χ2v) is 8.64. The van der Waals surface area contributed by atoms with Crippen molar-refractivity contribution < 1.29 is 13.5 Å². The lowest BCUT2D eigenvalue weighted by atomic mass is 10.2. The molecule has 2 N–H and O–H groups in total. The highest BCUT2D eigenvalue weighted by Crippen LogP contribution is 2.33. The average molecular weight is 385 g/mol. The fourth-order valence-corrected chi connectivity index (χ4v) is 5.12. The molecule has 7 heteroatoms. The van der Waals surface area contributed by atoms with Crippen LogP contribution in [0.1, 0.15) is 0 Å². The number of aliphatic hydroxyl groups is 1. The molecule has 0 amide bonds. The van der Waals surface area contributed by atoms with Crippen molar-refractivity contribution in [3.05, 3.63) is 54.7 Å². The van der Waals surface area contributed by atoms with Crippen LogP contribution in [-0.4, -0.2) is 62.7 Å². The summed E-state index contributed by atoms with van der Waals surface area (Å²) in [6.07, 6.45) is 1.60. The third kappa shape index (κ3) is 3.34. The molecule has 1 aromatic heterocycles. The molecule has 0 bridgehead atoms. The quantitative estimate of drug-likeness (QED) is 0.704. The van der Waals surface area contributed by atoms with Gasteiger partial charge in [0.15, 0.2) is 0 Å². The number of sulfone groups is 1. The van der Waals surface area contributed by atoms with Crippen molar-refractivity contribution in [1.29, 1.82) is 0 Å². The van der Waals surface area contributed by atoms with Gasteiger partial charge in [0.25, 0.3) is 0 Å². The molecule has 1 aliphatic heterocycles. The molecule has 0 spiro atoms. The highest BCUT2D eigenvalue weighted by atomic mass is 32.2. The number of H-pyrrole nitrogens is 1. The van der Waals surface area contributed by atoms with Crippen LogP contribution < -0.4 is 4.90 Å². The number of aromatic amines is 1. The van der Waals surface area contributed by atoms with E-state index in [2.05, 4.69) is 14.8 Å². The van der Waals surface area contributed by atoms with Crippen LogP contribution >= 0.6 is 0 Å². The molecule has 3 aromatic rings. The maximum atomic E-state index is 13.0. The highest BCUT2D eigenvalue weighted by molar-refractivity contribution is 7.91. The Morgan fingerprint density at radius 1 is 0.963 bits per heavy atom. The number of hydrogen-bond donors (Lipinski definition) is 2. The lowest BCUT2D eigenvalue weighted by Crippen LogP contribution is -2.47. The molecule has 2 heterocycles. The van der Waals surface area contributed by atoms with Gasteiger partial charge in [-0.1, -0.05) is 30.3 Å². The number of hydrogen-bond acceptors (Lipinski definition) is 5. The molecular weight excluding hydrogens is 362 g/mol. The maximum Gasteiger partial charge on any atom is 0.208 e. The molecule has 27 heavy (non-hydrogen) atoms. The Labute approximate surface area is 159 Å². The molecule has 0 atom stereocenters. The van der Waals surface area contributed by atoms with E-state index in [0.717, 1.165) is 37.4 Å². The van der Waals surface area contributed by atoms with Crippen LogP contribution in [0.2, 0.25) is 0 Å². The number of piperazine rings is 1. The molecule has 1 saturated heterocycles. The van der Waals surface area contributed by atoms with Crippen LogP contribution in [0.3, 0.4) is 0 Å². The van der Waals surface area contributed by atoms with E-state index in [-0.39, 0.29) is 6.61 Å². The Balaban J connectivity index is 1.69. The molecule has 0 aliphatic carbocycles. The molecule has 4 rings (SSSR count). The lowest BCUT2D eigenvalue weighted by Gasteiger charge is -2.36. The van der Waals surface area contributed by atoms with Gasteiger partial charge in [-0.2, -0.15) is 0 Å². The van der Waals surface area contributed by atoms with E-state index >= 15 is 0 Å². The summed E-state index contributed by atoms with van der Waals surface area (Å²) in [5, 5.41) is 9.82. The first kappa shape index (κ1) is 18.0. The summed E-state index contributed by atoms with van der Waals surface area (Å²) >= 11 is 0. The Kier molecular flexibility index (Phi) is 4.90. The van der Waals surface area contributed by atoms with Crippen molar-refractivity contribution in [3.63, 3.8) is 0 Å². The van der Waals surface area contributed by atoms with Gasteiger partial charge in [0.2, 0.25) is 9.84 Å². The Hall–Kier alpha value is -2.35. The number of benzene rings is 2. The van der Waals surface area contributed by atoms with E-state index < -0.39 is 9.84 Å². The van der Waals surface area contributed by atoms with Crippen LogP contribution in [-0.2, 0) is 9.84 Å². The van der Waals surface area contributed by atoms with Gasteiger partial charge in [0.1, 0.15) is 0 Å². The lowest BCUT2D eigenvalue weighted by molar-refractivity contribution is 0.189. The Bertz CT molecular complexity index is 1020. The van der Waals surface area contributed by atoms with Gasteiger partial charge < -0.3 is 15.0 Å². The topological polar surface area (TPSA) is 76.6 Å². The molecule has 1 fully saturated rings. The van der Waals surface area contributed by atoms with E-state index in [1.165, 1.54) is 0 Å². The van der Waals surface area contributed by atoms with Crippen LogP contribution in [0.15, 0.2) is 64.5 Å². The number of nitrogens with zero attached hydrogens (tertiary/aromatic N) is 2. The van der Waals surface area contributed by atoms with Crippen LogP contribution in [0.25, 0.3) is 10.9 Å². The zero-order chi connectivity index (χ0) is 18.9. The van der Waals surface area contributed by atoms with Crippen LogP contribution in [0, 0.1) is 0 Å². The predicted octanol–water partition coefficient (Wildman–Crippen LogP) is 2.12. The number of para-hydroxylation sites is 1. The summed E-state index contributed by atoms with van der Waals surface area (Å²) < 4.78 is 26.1. The normalized spacial score (nSPS) is 16.1. The standard InChI is InChI=1S/C20H23N3O3S/c24-14-13-22-9-11-23(12-10-22)18-8-4-7-17-19(15-21-20(17)18)27(25,26)16-5-2-1-3-6-16/h1-8,15,21,24H,9-14H2. The summed E-state index contributed by atoms with van der Waals surface area (Å²) in [6, 6.07) is 14.3. The summed E-state index contributed by atoms with van der Waals surface area (Å²) in [5.41, 5.74) is 1.87. The van der Waals surface area contributed by atoms with Gasteiger partial charge in [0.05, 0.1) is 27.6 Å². The summed E-state index contributed by atoms with van der Waals surface area (Å²) in [7, 11) is -3.57. The minimum Gasteiger partial charge on any atom is -0.395 e. The molecule has 1 aliphatic rings. The number of β-amino-alcohol motifs (C(OH)–C–C–N with tert-alkyl or cyclic N) is 1. The van der Waals surface area contributed by atoms with Crippen molar-refractivity contribution in [1.82, 2.24) is 9.88 Å². The average Bonchev–Trinajstić information content (AvgIpc) is 3.15. The van der Waals surface area contributed by atoms with Gasteiger partial charge in [-0.25, -0.2) is 8.42 Å². The number of rotatable bonds is 5. The number of aliphatic hydroxyl groups excluding tert-OH is 1. The van der Waals surface area contributed by atoms with E-state index in [9.17, 15) is 8.42 Å². The predicted molar refractivity (Wildman–Crippen MR) is 106 cm³/mol. The van der Waals surface area contributed by atoms with Gasteiger partial charge >= 0.3 is 0 Å². The zero-order valence-electron chi connectivity index (χ0n) is 15.0. The van der Waals surface area contributed by atoms with E-state index in [1.54, 1.807) is 30.5 Å². The monoisotopic (exact) mass is 385 g/mol. The molecule has 0 unspecified atom stereocenters. The minimum atomic E-state index is -3.57. The largest absolute Gasteiger partial charge is 0.395 e. The van der Waals surface area contributed by atoms with Crippen LogP contribution in [0.4, 0.5) is 5.69 Å². The number of nitrogens with one attached hydrogen (secondary N) is 1. The van der Waals surface area contributed by atoms with Crippen molar-refractivity contribution in [2.75, 3.05) is 44.2 Å². The summed E-state index contributed by atoms with van der Waals surface area (Å²) in [5.74, 6) is 0. The van der Waals surface area contributed by atoms with Gasteiger partial charge in [-0.3, -0.25) is 4.90 Å². The molecule has 142 valence electrons. The first-order valence-corrected chi connectivity index (χ1v) is 10.6. The third-order valence-electron chi connectivity index (χ3n) is 5.13. The number of fused-ring (bicyclic) bond motifs is 1. The Morgan fingerprint density at radius 2 is 1.70 bits per heavy atom. The van der Waals surface area contributed by atoms with Crippen molar-refractivity contribution in [2.24, 2.45) is 0 Å². The fraction of sp³-hybridized carbons (Fsp3) is 0.300. The fourth-order valence-electron chi connectivity index (χ4n) is 3.68. The smallest absolute Gasteiger partial charge is 0.208 e. The second-order valence-electron chi connectivity index (χ2n) is 6.72. The van der Waals surface area contributed by atoms with Crippen molar-refractivity contribution in [2.45, 2.75) is 9.79 Å². The summed E-state index contributed by atoms with van der Waals surface area (Å²) in [6.45, 7) is 4.32. The van der Waals surface area contributed by atoms with Crippen molar-refractivity contribution >= 4 is 26.4 Å². The molecular formula is C20H23N3O3S. The first-order valence-electron chi connectivity index (χ1n) is 9.09. The number of anilines is 1. The van der Waals surface area contributed by atoms with Gasteiger partial charge in [0, 0.05) is 44.3 Å². The van der Waals surface area contributed by atoms with E-state index in [1.807, 2.05) is 24.3 Å². The van der Waals surface area contributed by atoms with Crippen molar-refractivity contribution in [3.8, 4) is 0 Å². The second kappa shape index (κ2) is 7.34. The molecule has 2 aromatic carbocycles. The number of aromatic nitrogens is 1. The first-order chi connectivity index (χ1) is 13.1. The third-order valence-corrected chi connectivity index (χ3v) is 6.94. The summed E-state index contributed by atoms with van der Waals surface area (Å²) in [4.78, 5) is 8.30. The van der Waals surface area contributed by atoms with E-state index in [0.29, 0.717) is 21.7 Å². The van der Waals surface area contributed by atoms with Gasteiger partial charge in [-0.05, 0) is 18.2 Å². The minimum absolute atomic E-state index is 0.174. The van der Waals surface area contributed by atoms with E-state index in [4.69, 9.17) is 5.11 Å².